The molecule has 0 spiro atoms. The van der Waals surface area contributed by atoms with Crippen molar-refractivity contribution in [1.29, 1.82) is 0 Å². The zero-order valence-corrected chi connectivity index (χ0v) is 7.89. The molecule has 0 aliphatic carbocycles. The second kappa shape index (κ2) is 4.52. The summed E-state index contributed by atoms with van der Waals surface area (Å²) in [5.41, 5.74) is -0.297. The van der Waals surface area contributed by atoms with Crippen LogP contribution in [0.4, 0.5) is 0 Å². The molecule has 11 heavy (non-hydrogen) atoms. The van der Waals surface area contributed by atoms with E-state index in [1.165, 1.54) is 0 Å². The van der Waals surface area contributed by atoms with Crippen LogP contribution in [-0.2, 0) is 9.47 Å². The highest BCUT2D eigenvalue weighted by atomic mass is 16.7. The molecule has 0 fully saturated rings. The predicted molar refractivity (Wildman–Crippen MR) is 46.4 cm³/mol. The van der Waals surface area contributed by atoms with Crippen LogP contribution in [0.1, 0.15) is 27.7 Å². The number of hydrogen-bond donors (Lipinski definition) is 0. The molecule has 2 heteroatoms. The van der Waals surface area contributed by atoms with Gasteiger partial charge in [-0.1, -0.05) is 6.08 Å². The monoisotopic (exact) mass is 158 g/mol. The van der Waals surface area contributed by atoms with Gasteiger partial charge < -0.3 is 9.47 Å². The molecule has 0 aromatic carbocycles. The van der Waals surface area contributed by atoms with E-state index in [-0.39, 0.29) is 11.9 Å². The molecule has 0 rings (SSSR count). The van der Waals surface area contributed by atoms with Crippen molar-refractivity contribution in [3.05, 3.63) is 12.7 Å². The van der Waals surface area contributed by atoms with E-state index in [2.05, 4.69) is 6.58 Å². The van der Waals surface area contributed by atoms with Crippen LogP contribution < -0.4 is 0 Å². The summed E-state index contributed by atoms with van der Waals surface area (Å²) in [6.45, 7) is 12.1. The van der Waals surface area contributed by atoms with Gasteiger partial charge in [0.25, 0.3) is 0 Å². The van der Waals surface area contributed by atoms with Crippen LogP contribution >= 0.6 is 0 Å². The molecule has 0 bridgehead atoms. The topological polar surface area (TPSA) is 18.5 Å². The Hall–Kier alpha value is -0.340. The molecule has 0 saturated carbocycles. The van der Waals surface area contributed by atoms with Gasteiger partial charge in [0.15, 0.2) is 6.29 Å². The highest BCUT2D eigenvalue weighted by Crippen LogP contribution is 2.13. The van der Waals surface area contributed by atoms with Crippen LogP contribution in [0.3, 0.4) is 0 Å². The van der Waals surface area contributed by atoms with Gasteiger partial charge in [0.2, 0.25) is 0 Å². The van der Waals surface area contributed by atoms with Gasteiger partial charge in [-0.2, -0.15) is 0 Å². The Morgan fingerprint density at radius 2 is 2.09 bits per heavy atom. The van der Waals surface area contributed by atoms with Gasteiger partial charge in [0.1, 0.15) is 0 Å². The summed E-state index contributed by atoms with van der Waals surface area (Å²) in [5, 5.41) is 0. The molecule has 0 N–H and O–H groups in total. The Morgan fingerprint density at radius 1 is 1.55 bits per heavy atom. The lowest BCUT2D eigenvalue weighted by Gasteiger charge is -2.25. The SMILES string of the molecule is C=CC(C)(C)OC(C)OCC. The molecule has 1 unspecified atom stereocenters. The lowest BCUT2D eigenvalue weighted by Crippen LogP contribution is -2.28. The van der Waals surface area contributed by atoms with Crippen LogP contribution in [0.2, 0.25) is 0 Å². The van der Waals surface area contributed by atoms with Gasteiger partial charge in [-0.25, -0.2) is 0 Å². The minimum atomic E-state index is -0.297. The minimum Gasteiger partial charge on any atom is -0.353 e. The van der Waals surface area contributed by atoms with E-state index < -0.39 is 0 Å². The van der Waals surface area contributed by atoms with E-state index in [1.807, 2.05) is 27.7 Å². The van der Waals surface area contributed by atoms with Gasteiger partial charge in [0, 0.05) is 6.61 Å². The summed E-state index contributed by atoms with van der Waals surface area (Å²) in [7, 11) is 0. The van der Waals surface area contributed by atoms with Gasteiger partial charge >= 0.3 is 0 Å². The molecule has 0 aromatic heterocycles. The van der Waals surface area contributed by atoms with Crippen LogP contribution in [0.25, 0.3) is 0 Å². The van der Waals surface area contributed by atoms with Crippen molar-refractivity contribution in [1.82, 2.24) is 0 Å². The van der Waals surface area contributed by atoms with Crippen molar-refractivity contribution in [2.24, 2.45) is 0 Å². The Morgan fingerprint density at radius 3 is 2.45 bits per heavy atom. The Bertz CT molecular complexity index is 119. The summed E-state index contributed by atoms with van der Waals surface area (Å²) >= 11 is 0. The smallest absolute Gasteiger partial charge is 0.155 e. The molecule has 2 nitrogen and oxygen atoms in total. The zero-order chi connectivity index (χ0) is 8.91. The normalized spacial score (nSPS) is 14.5. The third kappa shape index (κ3) is 4.99. The maximum atomic E-state index is 5.49. The summed E-state index contributed by atoms with van der Waals surface area (Å²) in [6, 6.07) is 0. The van der Waals surface area contributed by atoms with Gasteiger partial charge in [0.05, 0.1) is 5.60 Å². The highest BCUT2D eigenvalue weighted by Gasteiger charge is 2.16. The molecule has 0 radical (unpaired) electrons. The predicted octanol–water partition coefficient (Wildman–Crippen LogP) is 2.35. The van der Waals surface area contributed by atoms with Crippen LogP contribution in [0.5, 0.6) is 0 Å². The van der Waals surface area contributed by atoms with Gasteiger partial charge in [-0.3, -0.25) is 0 Å². The van der Waals surface area contributed by atoms with Crippen molar-refractivity contribution in [3.8, 4) is 0 Å². The number of ether oxygens (including phenoxy) is 2. The first-order valence-electron chi connectivity index (χ1n) is 3.95. The van der Waals surface area contributed by atoms with Crippen LogP contribution in [-0.4, -0.2) is 18.5 Å². The Kier molecular flexibility index (Phi) is 4.38. The highest BCUT2D eigenvalue weighted by molar-refractivity contribution is 4.89. The molecule has 0 amide bonds. The van der Waals surface area contributed by atoms with E-state index in [0.717, 1.165) is 0 Å². The average Bonchev–Trinajstić information content (AvgIpc) is 1.87. The largest absolute Gasteiger partial charge is 0.353 e. The van der Waals surface area contributed by atoms with Crippen molar-refractivity contribution in [2.75, 3.05) is 6.61 Å². The fourth-order valence-electron chi connectivity index (χ4n) is 0.745. The number of hydrogen-bond acceptors (Lipinski definition) is 2. The van der Waals surface area contributed by atoms with Crippen molar-refractivity contribution < 1.29 is 9.47 Å². The summed E-state index contributed by atoms with van der Waals surface area (Å²) in [6.07, 6.45) is 1.61. The van der Waals surface area contributed by atoms with E-state index in [4.69, 9.17) is 9.47 Å². The lowest BCUT2D eigenvalue weighted by atomic mass is 10.1. The molecule has 0 aliphatic rings. The first-order chi connectivity index (χ1) is 5.02. The number of rotatable bonds is 5. The van der Waals surface area contributed by atoms with Gasteiger partial charge in [-0.05, 0) is 27.7 Å². The van der Waals surface area contributed by atoms with Crippen LogP contribution in [0.15, 0.2) is 12.7 Å². The Balaban J connectivity index is 3.72. The molecule has 1 atom stereocenters. The standard InChI is InChI=1S/C9H18O2/c1-6-9(4,5)11-8(3)10-7-2/h6,8H,1,7H2,2-5H3. The average molecular weight is 158 g/mol. The van der Waals surface area contributed by atoms with E-state index >= 15 is 0 Å². The minimum absolute atomic E-state index is 0.159. The Labute approximate surface area is 69.2 Å². The lowest BCUT2D eigenvalue weighted by molar-refractivity contribution is -0.172. The molecule has 0 aliphatic heterocycles. The maximum absolute atomic E-state index is 5.49. The quantitative estimate of drug-likeness (QED) is 0.451. The molecule has 0 saturated heterocycles. The fourth-order valence-corrected chi connectivity index (χ4v) is 0.745. The maximum Gasteiger partial charge on any atom is 0.155 e. The first kappa shape index (κ1) is 10.7. The van der Waals surface area contributed by atoms with Gasteiger partial charge in [-0.15, -0.1) is 6.58 Å². The molecule has 0 heterocycles. The zero-order valence-electron chi connectivity index (χ0n) is 7.89. The third-order valence-electron chi connectivity index (χ3n) is 1.36. The van der Waals surface area contributed by atoms with Crippen molar-refractivity contribution in [3.63, 3.8) is 0 Å². The summed E-state index contributed by atoms with van der Waals surface area (Å²) in [4.78, 5) is 0. The van der Waals surface area contributed by atoms with E-state index in [1.54, 1.807) is 6.08 Å². The van der Waals surface area contributed by atoms with Crippen molar-refractivity contribution >= 4 is 0 Å². The molecular weight excluding hydrogens is 140 g/mol. The first-order valence-corrected chi connectivity index (χ1v) is 3.95. The second-order valence-electron chi connectivity index (χ2n) is 2.95. The fraction of sp³-hybridized carbons (Fsp3) is 0.778. The third-order valence-corrected chi connectivity index (χ3v) is 1.36. The molecular formula is C9H18O2. The second-order valence-corrected chi connectivity index (χ2v) is 2.95. The van der Waals surface area contributed by atoms with E-state index in [0.29, 0.717) is 6.61 Å². The summed E-state index contributed by atoms with van der Waals surface area (Å²) < 4.78 is 10.7. The van der Waals surface area contributed by atoms with Crippen LogP contribution in [0, 0.1) is 0 Å². The molecule has 0 aromatic rings. The summed E-state index contributed by atoms with van der Waals surface area (Å²) in [5.74, 6) is 0. The van der Waals surface area contributed by atoms with Crippen molar-refractivity contribution in [2.45, 2.75) is 39.6 Å². The van der Waals surface area contributed by atoms with E-state index in [9.17, 15) is 0 Å². The molecule has 66 valence electrons.